The summed E-state index contributed by atoms with van der Waals surface area (Å²) in [4.78, 5) is 17.4. The first kappa shape index (κ1) is 26.0. The van der Waals surface area contributed by atoms with Gasteiger partial charge in [-0.25, -0.2) is 13.4 Å². The van der Waals surface area contributed by atoms with E-state index >= 15 is 0 Å². The first-order chi connectivity index (χ1) is 17.4. The third-order valence-corrected chi connectivity index (χ3v) is 8.60. The zero-order chi connectivity index (χ0) is 25.5. The number of piperidine rings is 1. The Bertz CT molecular complexity index is 1280. The average Bonchev–Trinajstić information content (AvgIpc) is 3.40. The number of carbonyl (C=O) groups excluding carboxylic acids is 1. The van der Waals surface area contributed by atoms with Crippen molar-refractivity contribution in [1.29, 1.82) is 0 Å². The molecule has 1 aliphatic heterocycles. The summed E-state index contributed by atoms with van der Waals surface area (Å²) in [6.45, 7) is 0.930. The van der Waals surface area contributed by atoms with Crippen molar-refractivity contribution in [2.75, 3.05) is 39.6 Å². The molecule has 12 heteroatoms. The molecule has 1 amide bonds. The Morgan fingerprint density at radius 2 is 1.94 bits per heavy atom. The van der Waals surface area contributed by atoms with Crippen molar-refractivity contribution in [2.24, 2.45) is 5.92 Å². The summed E-state index contributed by atoms with van der Waals surface area (Å²) < 4.78 is 38.3. The Balaban J connectivity index is 1.29. The molecule has 0 aliphatic carbocycles. The molecule has 192 valence electrons. The van der Waals surface area contributed by atoms with Gasteiger partial charge in [-0.1, -0.05) is 42.1 Å². The number of aromatic nitrogens is 3. The molecule has 0 bridgehead atoms. The molecule has 2 aromatic carbocycles. The second-order valence-electron chi connectivity index (χ2n) is 8.19. The zero-order valence-electron chi connectivity index (χ0n) is 20.1. The summed E-state index contributed by atoms with van der Waals surface area (Å²) in [5.74, 6) is 1.52. The highest BCUT2D eigenvalue weighted by molar-refractivity contribution is 7.99. The fourth-order valence-electron chi connectivity index (χ4n) is 4.00. The molecular weight excluding hydrogens is 502 g/mol. The number of sulfonamides is 1. The third kappa shape index (κ3) is 6.00. The standard InChI is InChI=1S/C24H29N5O5S2/c1-33-20-11-10-19(15-21(20)34-2)36(31,32)29-13-6-9-18(16-29)23(30)25-12-14-35-24-26-22(27-28-24)17-7-4-3-5-8-17/h3-5,7-8,10-11,15,18H,6,9,12-14,16H2,1-2H3,(H,25,30)(H,26,27,28). The molecule has 1 aliphatic rings. The van der Waals surface area contributed by atoms with E-state index in [9.17, 15) is 13.2 Å². The van der Waals surface area contributed by atoms with E-state index in [1.807, 2.05) is 30.3 Å². The van der Waals surface area contributed by atoms with Crippen LogP contribution in [0.5, 0.6) is 11.5 Å². The molecule has 0 spiro atoms. The summed E-state index contributed by atoms with van der Waals surface area (Å²) in [7, 11) is -0.826. The maximum Gasteiger partial charge on any atom is 0.243 e. The number of thioether (sulfide) groups is 1. The van der Waals surface area contributed by atoms with E-state index in [0.29, 0.717) is 54.2 Å². The van der Waals surface area contributed by atoms with Gasteiger partial charge < -0.3 is 14.8 Å². The lowest BCUT2D eigenvalue weighted by Crippen LogP contribution is -2.45. The molecule has 36 heavy (non-hydrogen) atoms. The van der Waals surface area contributed by atoms with Gasteiger partial charge in [-0.05, 0) is 25.0 Å². The Morgan fingerprint density at radius 1 is 1.17 bits per heavy atom. The van der Waals surface area contributed by atoms with Gasteiger partial charge in [0.25, 0.3) is 0 Å². The van der Waals surface area contributed by atoms with Gasteiger partial charge in [0.1, 0.15) is 0 Å². The van der Waals surface area contributed by atoms with Crippen molar-refractivity contribution in [2.45, 2.75) is 22.9 Å². The fourth-order valence-corrected chi connectivity index (χ4v) is 6.19. The van der Waals surface area contributed by atoms with Gasteiger partial charge in [-0.3, -0.25) is 9.89 Å². The summed E-state index contributed by atoms with van der Waals surface area (Å²) in [5.41, 5.74) is 0.954. The first-order valence-electron chi connectivity index (χ1n) is 11.5. The summed E-state index contributed by atoms with van der Waals surface area (Å²) in [5, 5.41) is 10.7. The number of nitrogens with one attached hydrogen (secondary N) is 2. The van der Waals surface area contributed by atoms with E-state index in [1.165, 1.54) is 42.4 Å². The number of methoxy groups -OCH3 is 2. The predicted octanol–water partition coefficient (Wildman–Crippen LogP) is 2.80. The number of carbonyl (C=O) groups is 1. The molecule has 1 fully saturated rings. The van der Waals surface area contributed by atoms with Crippen molar-refractivity contribution >= 4 is 27.7 Å². The maximum atomic E-state index is 13.2. The quantitative estimate of drug-likeness (QED) is 0.302. The minimum Gasteiger partial charge on any atom is -0.493 e. The molecular formula is C24H29N5O5S2. The second kappa shape index (κ2) is 11.8. The normalized spacial score (nSPS) is 16.4. The topological polar surface area (TPSA) is 127 Å². The number of rotatable bonds is 10. The molecule has 0 radical (unpaired) electrons. The highest BCUT2D eigenvalue weighted by atomic mass is 32.2. The van der Waals surface area contributed by atoms with Crippen LogP contribution in [0.2, 0.25) is 0 Å². The van der Waals surface area contributed by atoms with Gasteiger partial charge in [0.05, 0.1) is 25.0 Å². The van der Waals surface area contributed by atoms with Crippen molar-refractivity contribution < 1.29 is 22.7 Å². The number of hydrogen-bond donors (Lipinski definition) is 2. The molecule has 3 aromatic rings. The van der Waals surface area contributed by atoms with Gasteiger partial charge in [-0.15, -0.1) is 5.10 Å². The minimum absolute atomic E-state index is 0.110. The van der Waals surface area contributed by atoms with Crippen molar-refractivity contribution in [3.8, 4) is 22.9 Å². The van der Waals surface area contributed by atoms with Crippen LogP contribution in [-0.4, -0.2) is 73.4 Å². The van der Waals surface area contributed by atoms with Gasteiger partial charge in [0, 0.05) is 37.0 Å². The van der Waals surface area contributed by atoms with Crippen LogP contribution < -0.4 is 14.8 Å². The number of hydrogen-bond acceptors (Lipinski definition) is 8. The summed E-state index contributed by atoms with van der Waals surface area (Å²) in [6, 6.07) is 14.2. The molecule has 10 nitrogen and oxygen atoms in total. The molecule has 2 N–H and O–H groups in total. The Labute approximate surface area is 214 Å². The smallest absolute Gasteiger partial charge is 0.243 e. The van der Waals surface area contributed by atoms with Crippen molar-refractivity contribution in [1.82, 2.24) is 24.8 Å². The number of amides is 1. The van der Waals surface area contributed by atoms with E-state index in [1.54, 1.807) is 6.07 Å². The van der Waals surface area contributed by atoms with Gasteiger partial charge in [0.15, 0.2) is 17.3 Å². The van der Waals surface area contributed by atoms with Crippen LogP contribution >= 0.6 is 11.8 Å². The van der Waals surface area contributed by atoms with E-state index in [-0.39, 0.29) is 17.3 Å². The molecule has 1 saturated heterocycles. The number of H-pyrrole nitrogens is 1. The second-order valence-corrected chi connectivity index (χ2v) is 11.2. The van der Waals surface area contributed by atoms with Crippen LogP contribution in [-0.2, 0) is 14.8 Å². The van der Waals surface area contributed by atoms with Crippen LogP contribution in [0.25, 0.3) is 11.4 Å². The van der Waals surface area contributed by atoms with Crippen LogP contribution in [0, 0.1) is 5.92 Å². The lowest BCUT2D eigenvalue weighted by Gasteiger charge is -2.31. The highest BCUT2D eigenvalue weighted by Gasteiger charge is 2.33. The SMILES string of the molecule is COc1ccc(S(=O)(=O)N2CCCC(C(=O)NCCSc3n[nH]c(-c4ccccc4)n3)C2)cc1OC. The Morgan fingerprint density at radius 3 is 2.69 bits per heavy atom. The molecule has 2 heterocycles. The van der Waals surface area contributed by atoms with Crippen LogP contribution in [0.3, 0.4) is 0 Å². The summed E-state index contributed by atoms with van der Waals surface area (Å²) in [6.07, 6.45) is 1.25. The fraction of sp³-hybridized carbons (Fsp3) is 0.375. The largest absolute Gasteiger partial charge is 0.493 e. The first-order valence-corrected chi connectivity index (χ1v) is 14.0. The highest BCUT2D eigenvalue weighted by Crippen LogP contribution is 2.32. The lowest BCUT2D eigenvalue weighted by atomic mass is 9.99. The van der Waals surface area contributed by atoms with Crippen LogP contribution in [0.1, 0.15) is 12.8 Å². The van der Waals surface area contributed by atoms with E-state index in [4.69, 9.17) is 9.47 Å². The van der Waals surface area contributed by atoms with E-state index < -0.39 is 15.9 Å². The Kier molecular flexibility index (Phi) is 8.49. The number of ether oxygens (including phenoxy) is 2. The van der Waals surface area contributed by atoms with Crippen LogP contribution in [0.15, 0.2) is 58.6 Å². The predicted molar refractivity (Wildman–Crippen MR) is 137 cm³/mol. The number of aromatic amines is 1. The van der Waals surface area contributed by atoms with Crippen LogP contribution in [0.4, 0.5) is 0 Å². The lowest BCUT2D eigenvalue weighted by molar-refractivity contribution is -0.125. The third-order valence-electron chi connectivity index (χ3n) is 5.89. The van der Waals surface area contributed by atoms with Gasteiger partial charge in [-0.2, -0.15) is 4.31 Å². The van der Waals surface area contributed by atoms with E-state index in [2.05, 4.69) is 20.5 Å². The molecule has 1 aromatic heterocycles. The van der Waals surface area contributed by atoms with Crippen molar-refractivity contribution in [3.63, 3.8) is 0 Å². The number of nitrogens with zero attached hydrogens (tertiary/aromatic N) is 3. The molecule has 0 saturated carbocycles. The van der Waals surface area contributed by atoms with Gasteiger partial charge in [0.2, 0.25) is 21.1 Å². The maximum absolute atomic E-state index is 13.2. The molecule has 4 rings (SSSR count). The zero-order valence-corrected chi connectivity index (χ0v) is 21.8. The Hall–Kier alpha value is -3.09. The van der Waals surface area contributed by atoms with Crippen molar-refractivity contribution in [3.05, 3.63) is 48.5 Å². The van der Waals surface area contributed by atoms with Gasteiger partial charge >= 0.3 is 0 Å². The average molecular weight is 532 g/mol. The summed E-state index contributed by atoms with van der Waals surface area (Å²) >= 11 is 1.44. The van der Waals surface area contributed by atoms with E-state index in [0.717, 1.165) is 5.56 Å². The molecule has 1 atom stereocenters. The molecule has 1 unspecified atom stereocenters. The minimum atomic E-state index is -3.77. The number of benzene rings is 2. The monoisotopic (exact) mass is 531 g/mol.